The molecule has 0 aliphatic heterocycles. The number of nitrogens with one attached hydrogen (secondary N) is 1. The van der Waals surface area contributed by atoms with Gasteiger partial charge >= 0.3 is 0 Å². The molecule has 1 N–H and O–H groups in total. The van der Waals surface area contributed by atoms with E-state index in [1.807, 2.05) is 0 Å². The second-order valence-electron chi connectivity index (χ2n) is 8.30. The molecule has 0 aromatic heterocycles. The average Bonchev–Trinajstić information content (AvgIpc) is 3.20. The van der Waals surface area contributed by atoms with Crippen LogP contribution in [0, 0.1) is 23.2 Å². The van der Waals surface area contributed by atoms with E-state index in [-0.39, 0.29) is 0 Å². The lowest BCUT2D eigenvalue weighted by molar-refractivity contribution is 0.0914. The molecule has 3 unspecified atom stereocenters. The van der Waals surface area contributed by atoms with Gasteiger partial charge in [0.2, 0.25) is 0 Å². The molecule has 2 saturated carbocycles. The third-order valence-corrected chi connectivity index (χ3v) is 5.59. The maximum absolute atomic E-state index is 3.87. The van der Waals surface area contributed by atoms with Crippen molar-refractivity contribution in [3.8, 4) is 0 Å². The van der Waals surface area contributed by atoms with Gasteiger partial charge in [-0.2, -0.15) is 0 Å². The lowest BCUT2D eigenvalue weighted by Crippen LogP contribution is -2.37. The molecule has 2 aliphatic carbocycles. The Hall–Kier alpha value is -0.300. The van der Waals surface area contributed by atoms with Gasteiger partial charge in [0, 0.05) is 6.04 Å². The highest BCUT2D eigenvalue weighted by atomic mass is 14.9. The van der Waals surface area contributed by atoms with Crippen LogP contribution in [0.5, 0.6) is 0 Å². The molecule has 0 spiro atoms. The molecule has 1 nitrogen and oxygen atoms in total. The lowest BCUT2D eigenvalue weighted by atomic mass is 9.64. The van der Waals surface area contributed by atoms with Crippen LogP contribution in [0.3, 0.4) is 0 Å². The quantitative estimate of drug-likeness (QED) is 0.500. The average molecular weight is 277 g/mol. The Bertz CT molecular complexity index is 297. The van der Waals surface area contributed by atoms with Crippen LogP contribution in [0.1, 0.15) is 72.1 Å². The topological polar surface area (TPSA) is 12.0 Å². The Balaban J connectivity index is 1.86. The van der Waals surface area contributed by atoms with E-state index >= 15 is 0 Å². The molecule has 116 valence electrons. The van der Waals surface area contributed by atoms with Gasteiger partial charge in [0.05, 0.1) is 0 Å². The number of hydrogen-bond donors (Lipinski definition) is 1. The first-order valence-corrected chi connectivity index (χ1v) is 8.85. The van der Waals surface area contributed by atoms with Gasteiger partial charge in [-0.15, -0.1) is 6.58 Å². The van der Waals surface area contributed by atoms with Crippen LogP contribution in [-0.2, 0) is 0 Å². The Morgan fingerprint density at radius 3 is 2.45 bits per heavy atom. The summed E-state index contributed by atoms with van der Waals surface area (Å²) in [5.74, 6) is 2.80. The zero-order valence-electron chi connectivity index (χ0n) is 14.0. The zero-order valence-corrected chi connectivity index (χ0v) is 14.0. The van der Waals surface area contributed by atoms with Crippen molar-refractivity contribution < 1.29 is 0 Å². The summed E-state index contributed by atoms with van der Waals surface area (Å²) < 4.78 is 0. The summed E-state index contributed by atoms with van der Waals surface area (Å²) in [6.07, 6.45) is 13.2. The van der Waals surface area contributed by atoms with E-state index in [0.717, 1.165) is 23.8 Å². The summed E-state index contributed by atoms with van der Waals surface area (Å²) in [5.41, 5.74) is 0.492. The predicted octanol–water partition coefficient (Wildman–Crippen LogP) is 5.17. The largest absolute Gasteiger partial charge is 0.314 e. The van der Waals surface area contributed by atoms with Crippen molar-refractivity contribution in [1.82, 2.24) is 5.32 Å². The third kappa shape index (κ3) is 4.91. The van der Waals surface area contributed by atoms with Crippen LogP contribution in [-0.4, -0.2) is 12.6 Å². The van der Waals surface area contributed by atoms with Crippen molar-refractivity contribution in [2.24, 2.45) is 23.2 Å². The smallest absolute Gasteiger partial charge is 0.00683 e. The van der Waals surface area contributed by atoms with Crippen molar-refractivity contribution in [2.45, 2.75) is 78.2 Å². The van der Waals surface area contributed by atoms with Crippen molar-refractivity contribution in [3.05, 3.63) is 12.7 Å². The standard InChI is InChI=1S/C19H35N/c1-5-6-7-8-15-13-17(19(2,3)4)10-9-16(15)14-20-18-11-12-18/h5,15-18,20H,1,6-14H2,2-4H3. The van der Waals surface area contributed by atoms with Gasteiger partial charge in [-0.1, -0.05) is 26.8 Å². The molecule has 0 bridgehead atoms. The molecule has 0 aromatic rings. The van der Waals surface area contributed by atoms with Crippen LogP contribution in [0.25, 0.3) is 0 Å². The molecule has 0 radical (unpaired) electrons. The summed E-state index contributed by atoms with van der Waals surface area (Å²) in [6.45, 7) is 12.4. The molecular weight excluding hydrogens is 242 g/mol. The molecule has 2 fully saturated rings. The molecule has 3 atom stereocenters. The van der Waals surface area contributed by atoms with Gasteiger partial charge in [0.15, 0.2) is 0 Å². The summed E-state index contributed by atoms with van der Waals surface area (Å²) in [7, 11) is 0. The molecule has 0 heterocycles. The first-order valence-electron chi connectivity index (χ1n) is 8.85. The summed E-state index contributed by atoms with van der Waals surface area (Å²) in [5, 5.41) is 3.78. The maximum Gasteiger partial charge on any atom is 0.00683 e. The van der Waals surface area contributed by atoms with Crippen LogP contribution < -0.4 is 5.32 Å². The van der Waals surface area contributed by atoms with Crippen molar-refractivity contribution in [1.29, 1.82) is 0 Å². The van der Waals surface area contributed by atoms with Crippen molar-refractivity contribution in [3.63, 3.8) is 0 Å². The van der Waals surface area contributed by atoms with E-state index in [2.05, 4.69) is 38.7 Å². The first kappa shape index (κ1) is 16.1. The van der Waals surface area contributed by atoms with Crippen LogP contribution in [0.2, 0.25) is 0 Å². The predicted molar refractivity (Wildman–Crippen MR) is 88.8 cm³/mol. The summed E-state index contributed by atoms with van der Waals surface area (Å²) >= 11 is 0. The minimum Gasteiger partial charge on any atom is -0.314 e. The minimum absolute atomic E-state index is 0.492. The van der Waals surface area contributed by atoms with Gasteiger partial charge in [-0.3, -0.25) is 0 Å². The fourth-order valence-electron chi connectivity index (χ4n) is 3.87. The van der Waals surface area contributed by atoms with Crippen LogP contribution in [0.15, 0.2) is 12.7 Å². The van der Waals surface area contributed by atoms with Gasteiger partial charge in [0.1, 0.15) is 0 Å². The number of allylic oxidation sites excluding steroid dienone is 1. The summed E-state index contributed by atoms with van der Waals surface area (Å²) in [6, 6.07) is 0.865. The monoisotopic (exact) mass is 277 g/mol. The lowest BCUT2D eigenvalue weighted by Gasteiger charge is -2.42. The van der Waals surface area contributed by atoms with Gasteiger partial charge in [-0.25, -0.2) is 0 Å². The van der Waals surface area contributed by atoms with E-state index in [9.17, 15) is 0 Å². The van der Waals surface area contributed by atoms with E-state index in [1.165, 1.54) is 57.9 Å². The zero-order chi connectivity index (χ0) is 14.6. The normalized spacial score (nSPS) is 31.2. The number of rotatable bonds is 7. The summed E-state index contributed by atoms with van der Waals surface area (Å²) in [4.78, 5) is 0. The highest BCUT2D eigenvalue weighted by Gasteiger charge is 2.36. The van der Waals surface area contributed by atoms with Crippen molar-refractivity contribution in [2.75, 3.05) is 6.54 Å². The Morgan fingerprint density at radius 2 is 1.85 bits per heavy atom. The second kappa shape index (κ2) is 7.11. The van der Waals surface area contributed by atoms with E-state index in [4.69, 9.17) is 0 Å². The van der Waals surface area contributed by atoms with Gasteiger partial charge in [-0.05, 0) is 81.1 Å². The van der Waals surface area contributed by atoms with E-state index in [0.29, 0.717) is 5.41 Å². The SMILES string of the molecule is C=CCCCC1CC(C(C)(C)C)CCC1CNC1CC1. The van der Waals surface area contributed by atoms with Gasteiger partial charge in [0.25, 0.3) is 0 Å². The third-order valence-electron chi connectivity index (χ3n) is 5.59. The van der Waals surface area contributed by atoms with Crippen molar-refractivity contribution >= 4 is 0 Å². The fraction of sp³-hybridized carbons (Fsp3) is 0.895. The highest BCUT2D eigenvalue weighted by molar-refractivity contribution is 4.89. The highest BCUT2D eigenvalue weighted by Crippen LogP contribution is 2.44. The Labute approximate surface area is 126 Å². The van der Waals surface area contributed by atoms with Crippen LogP contribution >= 0.6 is 0 Å². The fourth-order valence-corrected chi connectivity index (χ4v) is 3.87. The Kier molecular flexibility index (Phi) is 5.72. The minimum atomic E-state index is 0.492. The number of hydrogen-bond acceptors (Lipinski definition) is 1. The molecule has 0 saturated heterocycles. The van der Waals surface area contributed by atoms with E-state index in [1.54, 1.807) is 0 Å². The molecular formula is C19H35N. The molecule has 2 rings (SSSR count). The van der Waals surface area contributed by atoms with Gasteiger partial charge < -0.3 is 5.32 Å². The molecule has 0 amide bonds. The number of unbranched alkanes of at least 4 members (excludes halogenated alkanes) is 1. The molecule has 1 heteroatoms. The molecule has 20 heavy (non-hydrogen) atoms. The molecule has 2 aliphatic rings. The van der Waals surface area contributed by atoms with Crippen LogP contribution in [0.4, 0.5) is 0 Å². The second-order valence-corrected chi connectivity index (χ2v) is 8.30. The molecule has 0 aromatic carbocycles. The van der Waals surface area contributed by atoms with E-state index < -0.39 is 0 Å². The Morgan fingerprint density at radius 1 is 1.10 bits per heavy atom. The first-order chi connectivity index (χ1) is 9.50. The maximum atomic E-state index is 3.87.